The third-order valence-corrected chi connectivity index (χ3v) is 4.82. The molecular formula is C24H18O2. The number of benzene rings is 3. The van der Waals surface area contributed by atoms with Crippen LogP contribution in [-0.4, -0.2) is 11.6 Å². The van der Waals surface area contributed by atoms with Crippen LogP contribution in [-0.2, 0) is 6.42 Å². The Hall–Kier alpha value is -3.26. The van der Waals surface area contributed by atoms with Crippen LogP contribution in [0.5, 0.6) is 0 Å². The first-order valence-corrected chi connectivity index (χ1v) is 8.72. The van der Waals surface area contributed by atoms with Gasteiger partial charge in [-0.15, -0.1) is 0 Å². The second-order valence-electron chi connectivity index (χ2n) is 6.45. The third kappa shape index (κ3) is 3.02. The van der Waals surface area contributed by atoms with Gasteiger partial charge in [-0.25, -0.2) is 0 Å². The Morgan fingerprint density at radius 2 is 1.27 bits per heavy atom. The van der Waals surface area contributed by atoms with Crippen LogP contribution in [0.4, 0.5) is 0 Å². The highest BCUT2D eigenvalue weighted by molar-refractivity contribution is 6.17. The average Bonchev–Trinajstić information content (AvgIpc) is 3.07. The van der Waals surface area contributed by atoms with Gasteiger partial charge in [-0.3, -0.25) is 9.59 Å². The van der Waals surface area contributed by atoms with Crippen molar-refractivity contribution in [2.24, 2.45) is 0 Å². The second-order valence-corrected chi connectivity index (χ2v) is 6.45. The van der Waals surface area contributed by atoms with Crippen molar-refractivity contribution in [3.05, 3.63) is 113 Å². The average molecular weight is 338 g/mol. The summed E-state index contributed by atoms with van der Waals surface area (Å²) >= 11 is 0. The van der Waals surface area contributed by atoms with E-state index in [1.807, 2.05) is 84.9 Å². The molecule has 0 bridgehead atoms. The first-order valence-electron chi connectivity index (χ1n) is 8.72. The van der Waals surface area contributed by atoms with Crippen molar-refractivity contribution in [1.29, 1.82) is 0 Å². The van der Waals surface area contributed by atoms with Gasteiger partial charge in [0.2, 0.25) is 0 Å². The van der Waals surface area contributed by atoms with Gasteiger partial charge in [0.1, 0.15) is 0 Å². The van der Waals surface area contributed by atoms with E-state index in [2.05, 4.69) is 0 Å². The highest BCUT2D eigenvalue weighted by Crippen LogP contribution is 2.37. The van der Waals surface area contributed by atoms with E-state index in [1.54, 1.807) is 0 Å². The molecule has 1 aliphatic carbocycles. The molecule has 0 fully saturated rings. The fourth-order valence-electron chi connectivity index (χ4n) is 3.50. The topological polar surface area (TPSA) is 34.1 Å². The Morgan fingerprint density at radius 3 is 1.96 bits per heavy atom. The number of allylic oxidation sites excluding steroid dienone is 2. The number of carbonyl (C=O) groups is 2. The maximum Gasteiger partial charge on any atom is 0.189 e. The minimum absolute atomic E-state index is 0.0117. The Kier molecular flexibility index (Phi) is 4.32. The summed E-state index contributed by atoms with van der Waals surface area (Å²) in [6.45, 7) is 0. The van der Waals surface area contributed by atoms with Crippen LogP contribution in [0, 0.1) is 0 Å². The Labute approximate surface area is 152 Å². The lowest BCUT2D eigenvalue weighted by molar-refractivity contribution is 0.0998. The first kappa shape index (κ1) is 16.2. The summed E-state index contributed by atoms with van der Waals surface area (Å²) in [4.78, 5) is 25.8. The maximum atomic E-state index is 13.1. The molecule has 0 saturated carbocycles. The van der Waals surface area contributed by atoms with Gasteiger partial charge in [0, 0.05) is 29.5 Å². The number of fused-ring (bicyclic) bond motifs is 1. The van der Waals surface area contributed by atoms with Crippen LogP contribution in [0.25, 0.3) is 5.57 Å². The summed E-state index contributed by atoms with van der Waals surface area (Å²) < 4.78 is 0. The number of hydrogen-bond acceptors (Lipinski definition) is 2. The predicted octanol–water partition coefficient (Wildman–Crippen LogP) is 5.15. The van der Waals surface area contributed by atoms with Crippen molar-refractivity contribution in [2.75, 3.05) is 0 Å². The van der Waals surface area contributed by atoms with Gasteiger partial charge < -0.3 is 0 Å². The van der Waals surface area contributed by atoms with Gasteiger partial charge in [-0.05, 0) is 16.7 Å². The van der Waals surface area contributed by atoms with Gasteiger partial charge in [0.15, 0.2) is 11.6 Å². The van der Waals surface area contributed by atoms with Crippen LogP contribution in [0.1, 0.15) is 38.3 Å². The first-order chi connectivity index (χ1) is 12.7. The maximum absolute atomic E-state index is 13.1. The summed E-state index contributed by atoms with van der Waals surface area (Å²) in [5, 5.41) is 0. The Bertz CT molecular complexity index is 999. The molecule has 2 nitrogen and oxygen atoms in total. The molecule has 0 spiro atoms. The zero-order chi connectivity index (χ0) is 17.9. The van der Waals surface area contributed by atoms with E-state index in [9.17, 15) is 9.59 Å². The molecule has 3 aromatic carbocycles. The summed E-state index contributed by atoms with van der Waals surface area (Å²) in [7, 11) is 0. The van der Waals surface area contributed by atoms with Crippen LogP contribution in [0.3, 0.4) is 0 Å². The zero-order valence-corrected chi connectivity index (χ0v) is 14.3. The molecule has 0 saturated heterocycles. The molecule has 0 aliphatic heterocycles. The van der Waals surface area contributed by atoms with Gasteiger partial charge in [-0.1, -0.05) is 84.9 Å². The lowest BCUT2D eigenvalue weighted by Crippen LogP contribution is -2.07. The molecule has 26 heavy (non-hydrogen) atoms. The van der Waals surface area contributed by atoms with E-state index in [0.29, 0.717) is 17.5 Å². The van der Waals surface area contributed by atoms with Crippen LogP contribution < -0.4 is 0 Å². The lowest BCUT2D eigenvalue weighted by Gasteiger charge is -2.08. The number of ketones is 2. The SMILES string of the molecule is O=C(CC1=C(C(=O)c2ccccc2)Cc2ccccc21)c1ccccc1. The predicted molar refractivity (Wildman–Crippen MR) is 103 cm³/mol. The highest BCUT2D eigenvalue weighted by atomic mass is 16.1. The Morgan fingerprint density at radius 1 is 0.692 bits per heavy atom. The van der Waals surface area contributed by atoms with E-state index in [4.69, 9.17) is 0 Å². The molecule has 0 N–H and O–H groups in total. The third-order valence-electron chi connectivity index (χ3n) is 4.82. The highest BCUT2D eigenvalue weighted by Gasteiger charge is 2.27. The van der Waals surface area contributed by atoms with Crippen molar-refractivity contribution in [3.8, 4) is 0 Å². The minimum atomic E-state index is 0.0117. The van der Waals surface area contributed by atoms with E-state index in [1.165, 1.54) is 0 Å². The Balaban J connectivity index is 1.74. The van der Waals surface area contributed by atoms with Crippen LogP contribution in [0.2, 0.25) is 0 Å². The van der Waals surface area contributed by atoms with Crippen LogP contribution in [0.15, 0.2) is 90.5 Å². The number of Topliss-reactive ketones (excluding diaryl/α,β-unsaturated/α-hetero) is 2. The summed E-state index contributed by atoms with van der Waals surface area (Å²) in [6.07, 6.45) is 0.830. The summed E-state index contributed by atoms with van der Waals surface area (Å²) in [5.74, 6) is 0.0494. The fourth-order valence-corrected chi connectivity index (χ4v) is 3.50. The molecule has 0 amide bonds. The van der Waals surface area contributed by atoms with Crippen molar-refractivity contribution in [2.45, 2.75) is 12.8 Å². The molecule has 0 atom stereocenters. The molecule has 3 aromatic rings. The number of hydrogen-bond donors (Lipinski definition) is 0. The zero-order valence-electron chi connectivity index (χ0n) is 14.3. The fraction of sp³-hybridized carbons (Fsp3) is 0.0833. The van der Waals surface area contributed by atoms with E-state index in [0.717, 1.165) is 22.3 Å². The molecule has 0 aromatic heterocycles. The molecular weight excluding hydrogens is 320 g/mol. The van der Waals surface area contributed by atoms with E-state index >= 15 is 0 Å². The quantitative estimate of drug-likeness (QED) is 0.603. The lowest BCUT2D eigenvalue weighted by atomic mass is 9.94. The molecule has 0 unspecified atom stereocenters. The number of carbonyl (C=O) groups excluding carboxylic acids is 2. The second kappa shape index (κ2) is 6.93. The van der Waals surface area contributed by atoms with Crippen molar-refractivity contribution >= 4 is 17.1 Å². The normalized spacial score (nSPS) is 12.8. The van der Waals surface area contributed by atoms with Crippen molar-refractivity contribution in [3.63, 3.8) is 0 Å². The molecule has 4 rings (SSSR count). The van der Waals surface area contributed by atoms with Gasteiger partial charge in [0.25, 0.3) is 0 Å². The largest absolute Gasteiger partial charge is 0.294 e. The van der Waals surface area contributed by atoms with Gasteiger partial charge >= 0.3 is 0 Å². The molecule has 1 aliphatic rings. The van der Waals surface area contributed by atoms with Gasteiger partial charge in [-0.2, -0.15) is 0 Å². The molecule has 126 valence electrons. The van der Waals surface area contributed by atoms with Crippen LogP contribution >= 0.6 is 0 Å². The molecule has 2 heteroatoms. The van der Waals surface area contributed by atoms with E-state index < -0.39 is 0 Å². The van der Waals surface area contributed by atoms with Gasteiger partial charge in [0.05, 0.1) is 0 Å². The van der Waals surface area contributed by atoms with Crippen molar-refractivity contribution in [1.82, 2.24) is 0 Å². The molecule has 0 heterocycles. The smallest absolute Gasteiger partial charge is 0.189 e. The van der Waals surface area contributed by atoms with E-state index in [-0.39, 0.29) is 18.0 Å². The number of rotatable bonds is 5. The standard InChI is InChI=1S/C24H18O2/c25-23(17-9-3-1-4-10-17)16-21-20-14-8-7-13-19(20)15-22(21)24(26)18-11-5-2-6-12-18/h1-14H,15-16H2. The minimum Gasteiger partial charge on any atom is -0.294 e. The summed E-state index contributed by atoms with van der Waals surface area (Å²) in [6, 6.07) is 26.5. The monoisotopic (exact) mass is 338 g/mol. The van der Waals surface area contributed by atoms with Crippen molar-refractivity contribution < 1.29 is 9.59 Å². The molecule has 0 radical (unpaired) electrons. The summed E-state index contributed by atoms with van der Waals surface area (Å²) in [5.41, 5.74) is 5.08.